The summed E-state index contributed by atoms with van der Waals surface area (Å²) in [6.45, 7) is 3.49. The number of ether oxygens (including phenoxy) is 1. The summed E-state index contributed by atoms with van der Waals surface area (Å²) < 4.78 is 6.90. The van der Waals surface area contributed by atoms with Crippen LogP contribution in [0.15, 0.2) is 24.3 Å². The van der Waals surface area contributed by atoms with E-state index in [2.05, 4.69) is 10.3 Å². The number of benzene rings is 1. The van der Waals surface area contributed by atoms with Gasteiger partial charge in [0.1, 0.15) is 12.4 Å². The van der Waals surface area contributed by atoms with Crippen molar-refractivity contribution >= 4 is 34.7 Å². The molecule has 1 aromatic carbocycles. The first-order chi connectivity index (χ1) is 11.0. The summed E-state index contributed by atoms with van der Waals surface area (Å²) in [5.74, 6) is 0.778. The van der Waals surface area contributed by atoms with Crippen LogP contribution in [0.3, 0.4) is 0 Å². The Morgan fingerprint density at radius 3 is 2.78 bits per heavy atom. The van der Waals surface area contributed by atoms with Crippen molar-refractivity contribution in [3.8, 4) is 0 Å². The van der Waals surface area contributed by atoms with Crippen LogP contribution in [-0.4, -0.2) is 40.3 Å². The molecular formula is C16H21N3O3S. The van der Waals surface area contributed by atoms with Crippen molar-refractivity contribution < 1.29 is 14.3 Å². The molecule has 0 bridgehead atoms. The molecule has 0 unspecified atom stereocenters. The van der Waals surface area contributed by atoms with Crippen LogP contribution in [0.25, 0.3) is 11.0 Å². The molecule has 2 rings (SSSR count). The molecule has 0 saturated carbocycles. The van der Waals surface area contributed by atoms with Crippen LogP contribution in [-0.2, 0) is 26.6 Å². The molecule has 0 atom stereocenters. The Hall–Kier alpha value is -2.02. The van der Waals surface area contributed by atoms with Crippen molar-refractivity contribution in [2.24, 2.45) is 0 Å². The number of para-hydroxylation sites is 2. The van der Waals surface area contributed by atoms with Gasteiger partial charge < -0.3 is 14.6 Å². The monoisotopic (exact) mass is 335 g/mol. The summed E-state index contributed by atoms with van der Waals surface area (Å²) in [5.41, 5.74) is 1.74. The van der Waals surface area contributed by atoms with E-state index in [1.807, 2.05) is 48.9 Å². The van der Waals surface area contributed by atoms with Crippen LogP contribution in [0.4, 0.5) is 0 Å². The average molecular weight is 335 g/mol. The van der Waals surface area contributed by atoms with Gasteiger partial charge in [0.25, 0.3) is 5.91 Å². The van der Waals surface area contributed by atoms with Crippen molar-refractivity contribution in [1.82, 2.24) is 14.9 Å². The quantitative estimate of drug-likeness (QED) is 0.783. The van der Waals surface area contributed by atoms with Crippen LogP contribution in [0, 0.1) is 0 Å². The molecule has 1 aromatic heterocycles. The fraction of sp³-hybridized carbons (Fsp3) is 0.438. The predicted octanol–water partition coefficient (Wildman–Crippen LogP) is 1.97. The molecule has 124 valence electrons. The molecule has 6 nitrogen and oxygen atoms in total. The van der Waals surface area contributed by atoms with E-state index in [1.54, 1.807) is 11.8 Å². The molecule has 7 heteroatoms. The number of hydrogen-bond acceptors (Lipinski definition) is 5. The maximum absolute atomic E-state index is 12.0. The van der Waals surface area contributed by atoms with Gasteiger partial charge in [0.15, 0.2) is 6.61 Å². The smallest absolute Gasteiger partial charge is 0.326 e. The summed E-state index contributed by atoms with van der Waals surface area (Å²) in [6, 6.07) is 7.68. The van der Waals surface area contributed by atoms with Crippen LogP contribution in [0.2, 0.25) is 0 Å². The van der Waals surface area contributed by atoms with Gasteiger partial charge in [-0.25, -0.2) is 4.98 Å². The number of carbonyl (C=O) groups is 2. The van der Waals surface area contributed by atoms with Gasteiger partial charge in [-0.15, -0.1) is 0 Å². The lowest BCUT2D eigenvalue weighted by molar-refractivity contribution is -0.149. The molecule has 0 aliphatic carbocycles. The number of imidazole rings is 1. The fourth-order valence-electron chi connectivity index (χ4n) is 2.23. The molecule has 1 heterocycles. The Kier molecular flexibility index (Phi) is 6.04. The number of nitrogens with zero attached hydrogens (tertiary/aromatic N) is 2. The van der Waals surface area contributed by atoms with E-state index in [4.69, 9.17) is 4.74 Å². The fourth-order valence-corrected chi connectivity index (χ4v) is 2.70. The second-order valence-corrected chi connectivity index (χ2v) is 6.28. The third-order valence-electron chi connectivity index (χ3n) is 3.11. The summed E-state index contributed by atoms with van der Waals surface area (Å²) >= 11 is 1.64. The molecule has 0 aliphatic rings. The zero-order chi connectivity index (χ0) is 16.8. The van der Waals surface area contributed by atoms with Crippen LogP contribution >= 0.6 is 11.8 Å². The lowest BCUT2D eigenvalue weighted by Crippen LogP contribution is -2.34. The van der Waals surface area contributed by atoms with Gasteiger partial charge >= 0.3 is 5.97 Å². The van der Waals surface area contributed by atoms with Crippen LogP contribution in [0.1, 0.15) is 19.7 Å². The highest BCUT2D eigenvalue weighted by atomic mass is 32.2. The summed E-state index contributed by atoms with van der Waals surface area (Å²) in [6.07, 6.45) is 1.98. The molecule has 1 N–H and O–H groups in total. The third-order valence-corrected chi connectivity index (χ3v) is 3.66. The third kappa shape index (κ3) is 4.72. The van der Waals surface area contributed by atoms with Crippen molar-refractivity contribution in [1.29, 1.82) is 0 Å². The number of hydrogen-bond donors (Lipinski definition) is 1. The number of thioether (sulfide) groups is 1. The van der Waals surface area contributed by atoms with E-state index >= 15 is 0 Å². The van der Waals surface area contributed by atoms with Crippen molar-refractivity contribution in [2.75, 3.05) is 12.9 Å². The normalized spacial score (nSPS) is 11.0. The number of esters is 1. The largest absolute Gasteiger partial charge is 0.454 e. The van der Waals surface area contributed by atoms with Crippen molar-refractivity contribution in [2.45, 2.75) is 32.2 Å². The lowest BCUT2D eigenvalue weighted by Gasteiger charge is -2.10. The van der Waals surface area contributed by atoms with Crippen LogP contribution < -0.4 is 5.32 Å². The average Bonchev–Trinajstić information content (AvgIpc) is 2.83. The van der Waals surface area contributed by atoms with Gasteiger partial charge in [-0.3, -0.25) is 9.59 Å². The predicted molar refractivity (Wildman–Crippen MR) is 91.2 cm³/mol. The van der Waals surface area contributed by atoms with Gasteiger partial charge in [0, 0.05) is 6.04 Å². The maximum atomic E-state index is 12.0. The number of aromatic nitrogens is 2. The minimum atomic E-state index is -0.450. The van der Waals surface area contributed by atoms with E-state index in [0.29, 0.717) is 5.75 Å². The van der Waals surface area contributed by atoms with Gasteiger partial charge in [-0.2, -0.15) is 11.8 Å². The first-order valence-electron chi connectivity index (χ1n) is 7.39. The van der Waals surface area contributed by atoms with Crippen molar-refractivity contribution in [3.63, 3.8) is 0 Å². The van der Waals surface area contributed by atoms with E-state index in [-0.39, 0.29) is 25.1 Å². The molecule has 0 spiro atoms. The molecular weight excluding hydrogens is 314 g/mol. The number of rotatable bonds is 7. The standard InChI is InChI=1S/C16H21N3O3S/c1-11(2)17-15(20)9-22-16(21)8-19-13-7-5-4-6-12(13)18-14(19)10-23-3/h4-7,11H,8-10H2,1-3H3,(H,17,20). The minimum absolute atomic E-state index is 0.0203. The molecule has 23 heavy (non-hydrogen) atoms. The van der Waals surface area contributed by atoms with Gasteiger partial charge in [0.2, 0.25) is 0 Å². The minimum Gasteiger partial charge on any atom is -0.454 e. The molecule has 0 radical (unpaired) electrons. The van der Waals surface area contributed by atoms with E-state index in [0.717, 1.165) is 16.9 Å². The molecule has 0 aliphatic heterocycles. The number of nitrogens with one attached hydrogen (secondary N) is 1. The van der Waals surface area contributed by atoms with E-state index in [1.165, 1.54) is 0 Å². The Bertz CT molecular complexity index is 697. The van der Waals surface area contributed by atoms with Gasteiger partial charge in [-0.05, 0) is 32.2 Å². The number of carbonyl (C=O) groups excluding carboxylic acids is 2. The second kappa shape index (κ2) is 8.01. The highest BCUT2D eigenvalue weighted by molar-refractivity contribution is 7.97. The summed E-state index contributed by atoms with van der Waals surface area (Å²) in [7, 11) is 0. The lowest BCUT2D eigenvalue weighted by atomic mass is 10.3. The molecule has 0 saturated heterocycles. The number of fused-ring (bicyclic) bond motifs is 1. The molecule has 2 aromatic rings. The Morgan fingerprint density at radius 1 is 1.35 bits per heavy atom. The highest BCUT2D eigenvalue weighted by Gasteiger charge is 2.15. The highest BCUT2D eigenvalue weighted by Crippen LogP contribution is 2.19. The van der Waals surface area contributed by atoms with E-state index in [9.17, 15) is 9.59 Å². The summed E-state index contributed by atoms with van der Waals surface area (Å²) in [4.78, 5) is 28.1. The second-order valence-electron chi connectivity index (χ2n) is 5.42. The van der Waals surface area contributed by atoms with Gasteiger partial charge in [0.05, 0.1) is 16.8 Å². The maximum Gasteiger partial charge on any atom is 0.326 e. The van der Waals surface area contributed by atoms with E-state index < -0.39 is 5.97 Å². The van der Waals surface area contributed by atoms with Crippen molar-refractivity contribution in [3.05, 3.63) is 30.1 Å². The number of amides is 1. The first kappa shape index (κ1) is 17.3. The Labute approximate surface area is 139 Å². The Balaban J connectivity index is 2.06. The molecule has 1 amide bonds. The zero-order valence-electron chi connectivity index (χ0n) is 13.5. The Morgan fingerprint density at radius 2 is 2.09 bits per heavy atom. The molecule has 0 fully saturated rings. The first-order valence-corrected chi connectivity index (χ1v) is 8.78. The zero-order valence-corrected chi connectivity index (χ0v) is 14.4. The summed E-state index contributed by atoms with van der Waals surface area (Å²) in [5, 5.41) is 2.68. The SMILES string of the molecule is CSCc1nc2ccccc2n1CC(=O)OCC(=O)NC(C)C. The van der Waals surface area contributed by atoms with Gasteiger partial charge in [-0.1, -0.05) is 12.1 Å². The van der Waals surface area contributed by atoms with Crippen LogP contribution in [0.5, 0.6) is 0 Å². The topological polar surface area (TPSA) is 73.2 Å².